The van der Waals surface area contributed by atoms with Crippen molar-refractivity contribution in [2.45, 2.75) is 12.3 Å². The topological polar surface area (TPSA) is 16.3 Å². The summed E-state index contributed by atoms with van der Waals surface area (Å²) < 4.78 is 4.91. The molecule has 0 N–H and O–H groups in total. The van der Waals surface area contributed by atoms with Crippen LogP contribution in [0, 0.1) is 0 Å². The highest BCUT2D eigenvalue weighted by Gasteiger charge is 2.28. The molecule has 0 spiro atoms. The molecule has 0 saturated heterocycles. The van der Waals surface area contributed by atoms with Crippen LogP contribution in [0.4, 0.5) is 28.4 Å². The van der Waals surface area contributed by atoms with Crippen molar-refractivity contribution >= 4 is 137 Å². The molecular weight excluding hydrogens is 1500 g/mol. The number of fused-ring (bicyclic) bond motifs is 12. The van der Waals surface area contributed by atoms with Gasteiger partial charge in [-0.05, 0) is 259 Å². The second-order valence-corrected chi connectivity index (χ2v) is 33.0. The molecule has 0 radical (unpaired) electrons. The zero-order valence-electron chi connectivity index (χ0n) is 68.0. The van der Waals surface area contributed by atoms with E-state index in [1.165, 1.54) is 136 Å². The fraction of sp³-hybridized carbons (Fsp3) is 0.0167. The van der Waals surface area contributed by atoms with Crippen molar-refractivity contribution < 1.29 is 0 Å². The zero-order chi connectivity index (χ0) is 81.7. The van der Waals surface area contributed by atoms with Gasteiger partial charge in [-0.25, -0.2) is 0 Å². The van der Waals surface area contributed by atoms with E-state index in [4.69, 9.17) is 0 Å². The van der Waals surface area contributed by atoms with Crippen LogP contribution in [-0.4, -0.2) is 9.13 Å². The van der Waals surface area contributed by atoms with Gasteiger partial charge in [0.15, 0.2) is 0 Å². The summed E-state index contributed by atoms with van der Waals surface area (Å²) in [4.78, 5) is 4.91. The van der Waals surface area contributed by atoms with Crippen LogP contribution in [0.3, 0.4) is 0 Å². The molecule has 0 saturated carbocycles. The van der Waals surface area contributed by atoms with E-state index in [2.05, 4.69) is 486 Å². The number of rotatable bonds is 15. The molecule has 1 aliphatic rings. The minimum Gasteiger partial charge on any atom is -0.310 e. The van der Waals surface area contributed by atoms with Gasteiger partial charge in [-0.3, -0.25) is 0 Å². The average Bonchev–Trinajstić information content (AvgIpc) is 1.56. The van der Waals surface area contributed by atoms with Gasteiger partial charge >= 0.3 is 0 Å². The number of anilines is 5. The third-order valence-corrected chi connectivity index (χ3v) is 25.9. The van der Waals surface area contributed by atoms with Crippen molar-refractivity contribution in [2.24, 2.45) is 0 Å². The molecule has 0 fully saturated rings. The van der Waals surface area contributed by atoms with Gasteiger partial charge in [0, 0.05) is 72.7 Å². The molecule has 1 unspecified atom stereocenters. The van der Waals surface area contributed by atoms with Gasteiger partial charge in [0.2, 0.25) is 0 Å². The van der Waals surface area contributed by atoms with Crippen LogP contribution in [0.2, 0.25) is 0 Å². The Hall–Kier alpha value is -16.1. The molecule has 0 bridgehead atoms. The van der Waals surface area contributed by atoms with Crippen LogP contribution in [0.25, 0.3) is 186 Å². The Bertz CT molecular complexity index is 8230. The van der Waals surface area contributed by atoms with E-state index in [0.717, 1.165) is 96.3 Å². The van der Waals surface area contributed by atoms with E-state index in [0.29, 0.717) is 0 Å². The summed E-state index contributed by atoms with van der Waals surface area (Å²) in [5.74, 6) is 0.0866. The van der Waals surface area contributed by atoms with Crippen molar-refractivity contribution in [1.82, 2.24) is 9.13 Å². The lowest BCUT2D eigenvalue weighted by Crippen LogP contribution is -2.18. The lowest BCUT2D eigenvalue weighted by atomic mass is 9.84. The van der Waals surface area contributed by atoms with Gasteiger partial charge < -0.3 is 18.9 Å². The Balaban J connectivity index is 0.573. The molecule has 4 nitrogen and oxygen atoms in total. The van der Waals surface area contributed by atoms with Gasteiger partial charge in [0.1, 0.15) is 0 Å². The monoisotopic (exact) mass is 1580 g/mol. The molecule has 0 aliphatic heterocycles. The number of hydrogen-bond acceptors (Lipinski definition) is 2. The number of nitrogens with zero attached hydrogens (tertiary/aromatic N) is 4. The summed E-state index contributed by atoms with van der Waals surface area (Å²) in [5, 5.41) is 19.6. The maximum atomic E-state index is 2.54. The van der Waals surface area contributed by atoms with E-state index in [9.17, 15) is 0 Å². The highest BCUT2D eigenvalue weighted by atomic mass is 15.2. The molecule has 4 heteroatoms. The predicted octanol–water partition coefficient (Wildman–Crippen LogP) is 33.0. The maximum Gasteiger partial charge on any atom is 0.0553 e. The van der Waals surface area contributed by atoms with Gasteiger partial charge in [-0.1, -0.05) is 346 Å². The first-order valence-corrected chi connectivity index (χ1v) is 43.0. The molecule has 124 heavy (non-hydrogen) atoms. The van der Waals surface area contributed by atoms with Crippen molar-refractivity contribution in [3.8, 4) is 78.1 Å². The number of hydrogen-bond donors (Lipinski definition) is 0. The summed E-state index contributed by atoms with van der Waals surface area (Å²) in [7, 11) is 0. The van der Waals surface area contributed by atoms with Crippen molar-refractivity contribution in [3.63, 3.8) is 0 Å². The molecular formula is C120H80N4. The molecule has 23 aromatic rings. The smallest absolute Gasteiger partial charge is 0.0553 e. The normalized spacial score (nSPS) is 12.9. The Kier molecular flexibility index (Phi) is 17.4. The van der Waals surface area contributed by atoms with Crippen LogP contribution in [-0.2, 0) is 0 Å². The number of allylic oxidation sites excluding steroid dienone is 3. The van der Waals surface area contributed by atoms with Crippen LogP contribution < -0.4 is 9.80 Å². The van der Waals surface area contributed by atoms with E-state index in [1.54, 1.807) is 0 Å². The SMILES string of the molecule is C1=CC(N(c2ccc(-c3ccc(-c4cccc5cc(-c6ccc7cc8c(c(-c9cccc(N(c%10ccc(-c%11ccc(-c%12cccc%13ccccc%12%13)cc%11)cc%10)c%10ccc%11ccccc%11c%10)c9)c7c6)c6ccccc6n8-c6ccccc6)ccc45)cc3)cc2)c2cccc3ccccc23)=CC(c2c3ccccc3cc3c2c2ccccc2n3-c2ccccc2)C1. The Morgan fingerprint density at radius 2 is 0.653 bits per heavy atom. The molecule has 1 atom stereocenters. The molecule has 0 amide bonds. The molecule has 21 aromatic carbocycles. The Labute approximate surface area is 719 Å². The number of aromatic nitrogens is 2. The molecule has 1 aliphatic carbocycles. The number of benzene rings is 21. The summed E-state index contributed by atoms with van der Waals surface area (Å²) >= 11 is 0. The van der Waals surface area contributed by atoms with Crippen LogP contribution in [0.1, 0.15) is 17.9 Å². The zero-order valence-corrected chi connectivity index (χ0v) is 68.0. The standard InChI is InChI=1S/C120H80N4/c1-3-34-96(35-4-1)123-113-47-17-15-43-109(113)119-115(123)77-92-28-11-14-42-108(92)117(119)94-32-20-39-101(75-94)122(112-49-23-30-85-26-10-13-41-107(85)112)99-68-62-83(63-69-99)81-52-56-87(57-53-81)105-46-22-31-91-72-89(65-71-106(91)105)90-58-59-93-78-116-120(110-44-16-18-48-114(110)124(116)97-36-5-2-6-37-97)118(111(93)76-90)95-33-19-38-100(74-95)121(102-70-64-79-24-7-8-27-88(79)73-102)98-66-60-82(61-67-98)80-50-54-86(55-51-80)104-45-21-29-84-25-9-12-40-103(84)104/h1-31,33-78,94H,32H2. The highest BCUT2D eigenvalue weighted by molar-refractivity contribution is 6.24. The molecule has 2 heterocycles. The van der Waals surface area contributed by atoms with Gasteiger partial charge in [-0.2, -0.15) is 0 Å². The third-order valence-electron chi connectivity index (χ3n) is 25.9. The van der Waals surface area contributed by atoms with Crippen LogP contribution in [0.5, 0.6) is 0 Å². The first-order valence-electron chi connectivity index (χ1n) is 43.0. The average molecular weight is 1580 g/mol. The van der Waals surface area contributed by atoms with Crippen molar-refractivity contribution in [3.05, 3.63) is 478 Å². The first kappa shape index (κ1) is 71.9. The molecule has 2 aromatic heterocycles. The quantitative estimate of drug-likeness (QED) is 0.102. The lowest BCUT2D eigenvalue weighted by Gasteiger charge is -2.31. The summed E-state index contributed by atoms with van der Waals surface area (Å²) in [6, 6.07) is 166. The predicted molar refractivity (Wildman–Crippen MR) is 527 cm³/mol. The largest absolute Gasteiger partial charge is 0.310 e. The minimum atomic E-state index is 0.0866. The van der Waals surface area contributed by atoms with Crippen LogP contribution >= 0.6 is 0 Å². The van der Waals surface area contributed by atoms with Crippen molar-refractivity contribution in [1.29, 1.82) is 0 Å². The van der Waals surface area contributed by atoms with E-state index < -0.39 is 0 Å². The Morgan fingerprint density at radius 1 is 0.226 bits per heavy atom. The summed E-state index contributed by atoms with van der Waals surface area (Å²) in [5.41, 5.74) is 29.1. The number of para-hydroxylation sites is 4. The first-order chi connectivity index (χ1) is 61.5. The van der Waals surface area contributed by atoms with Gasteiger partial charge in [0.25, 0.3) is 0 Å². The Morgan fingerprint density at radius 3 is 1.31 bits per heavy atom. The lowest BCUT2D eigenvalue weighted by molar-refractivity contribution is 0.852. The molecule has 580 valence electrons. The fourth-order valence-corrected chi connectivity index (χ4v) is 20.1. The maximum absolute atomic E-state index is 2.54. The molecule has 24 rings (SSSR count). The highest BCUT2D eigenvalue weighted by Crippen LogP contribution is 2.50. The van der Waals surface area contributed by atoms with Crippen molar-refractivity contribution in [2.75, 3.05) is 9.80 Å². The second kappa shape index (κ2) is 30.0. The second-order valence-electron chi connectivity index (χ2n) is 33.0. The van der Waals surface area contributed by atoms with Gasteiger partial charge in [-0.15, -0.1) is 0 Å². The summed E-state index contributed by atoms with van der Waals surface area (Å²) in [6.45, 7) is 0. The van der Waals surface area contributed by atoms with Gasteiger partial charge in [0.05, 0.1) is 27.8 Å². The van der Waals surface area contributed by atoms with E-state index in [1.807, 2.05) is 0 Å². The van der Waals surface area contributed by atoms with E-state index in [-0.39, 0.29) is 5.92 Å². The third kappa shape index (κ3) is 12.4. The minimum absolute atomic E-state index is 0.0866. The van der Waals surface area contributed by atoms with Crippen LogP contribution in [0.15, 0.2) is 473 Å². The van der Waals surface area contributed by atoms with E-state index >= 15 is 0 Å². The summed E-state index contributed by atoms with van der Waals surface area (Å²) in [6.07, 6.45) is 8.16. The fourth-order valence-electron chi connectivity index (χ4n) is 20.1.